The zero-order valence-corrected chi connectivity index (χ0v) is 7.55. The average molecular weight is 168 g/mol. The summed E-state index contributed by atoms with van der Waals surface area (Å²) in [7, 11) is 0. The number of likely N-dealkylation sites (tertiary alicyclic amines) is 1. The normalized spacial score (nSPS) is 26.7. The van der Waals surface area contributed by atoms with E-state index in [9.17, 15) is 4.79 Å². The van der Waals surface area contributed by atoms with Gasteiger partial charge in [-0.1, -0.05) is 0 Å². The van der Waals surface area contributed by atoms with Crippen molar-refractivity contribution in [3.8, 4) is 0 Å². The first-order chi connectivity index (χ1) is 5.57. The third-order valence-corrected chi connectivity index (χ3v) is 2.62. The Hall–Kier alpha value is -0.570. The van der Waals surface area contributed by atoms with Crippen molar-refractivity contribution in [2.75, 3.05) is 13.1 Å². The Bertz CT molecular complexity index is 201. The van der Waals surface area contributed by atoms with Crippen molar-refractivity contribution >= 4 is 5.91 Å². The first-order valence-corrected chi connectivity index (χ1v) is 4.63. The first kappa shape index (κ1) is 8.05. The Labute approximate surface area is 72.9 Å². The first-order valence-electron chi connectivity index (χ1n) is 4.63. The molecular weight excluding hydrogens is 152 g/mol. The highest BCUT2D eigenvalue weighted by molar-refractivity contribution is 5.78. The molecule has 0 aromatic heterocycles. The Balaban J connectivity index is 1.75. The van der Waals surface area contributed by atoms with Gasteiger partial charge >= 0.3 is 0 Å². The van der Waals surface area contributed by atoms with E-state index in [0.29, 0.717) is 11.8 Å². The highest BCUT2D eigenvalue weighted by atomic mass is 16.2. The lowest BCUT2D eigenvalue weighted by Gasteiger charge is -2.45. The van der Waals surface area contributed by atoms with Gasteiger partial charge in [-0.15, -0.1) is 0 Å². The number of hydrogen-bond acceptors (Lipinski definition) is 2. The molecule has 0 aromatic carbocycles. The Morgan fingerprint density at radius 2 is 2.17 bits per heavy atom. The average Bonchev–Trinajstić information content (AvgIpc) is 2.66. The minimum absolute atomic E-state index is 0.112. The third-order valence-electron chi connectivity index (χ3n) is 2.62. The molecule has 12 heavy (non-hydrogen) atoms. The van der Waals surface area contributed by atoms with E-state index in [1.807, 2.05) is 11.8 Å². The monoisotopic (exact) mass is 168 g/mol. The number of nitrogens with two attached hydrogens (primary N) is 1. The van der Waals surface area contributed by atoms with Crippen LogP contribution in [0, 0.1) is 5.92 Å². The summed E-state index contributed by atoms with van der Waals surface area (Å²) in [5.41, 5.74) is 5.69. The Kier molecular flexibility index (Phi) is 1.65. The van der Waals surface area contributed by atoms with E-state index in [0.717, 1.165) is 19.5 Å². The molecule has 1 saturated heterocycles. The van der Waals surface area contributed by atoms with Crippen LogP contribution in [0.15, 0.2) is 0 Å². The second kappa shape index (κ2) is 2.46. The van der Waals surface area contributed by atoms with E-state index >= 15 is 0 Å². The minimum Gasteiger partial charge on any atom is -0.339 e. The maximum Gasteiger partial charge on any atom is 0.222 e. The van der Waals surface area contributed by atoms with Crippen LogP contribution in [0.1, 0.15) is 26.2 Å². The van der Waals surface area contributed by atoms with Gasteiger partial charge in [0.2, 0.25) is 5.91 Å². The van der Waals surface area contributed by atoms with Gasteiger partial charge in [-0.25, -0.2) is 0 Å². The van der Waals surface area contributed by atoms with Gasteiger partial charge in [-0.2, -0.15) is 0 Å². The van der Waals surface area contributed by atoms with E-state index in [2.05, 4.69) is 0 Å². The van der Waals surface area contributed by atoms with Crippen LogP contribution in [-0.4, -0.2) is 29.4 Å². The number of hydrogen-bond donors (Lipinski definition) is 1. The van der Waals surface area contributed by atoms with Crippen molar-refractivity contribution in [2.45, 2.75) is 31.7 Å². The molecule has 1 aliphatic heterocycles. The summed E-state index contributed by atoms with van der Waals surface area (Å²) < 4.78 is 0. The summed E-state index contributed by atoms with van der Waals surface area (Å²) in [6.07, 6.45) is 3.26. The smallest absolute Gasteiger partial charge is 0.222 e. The zero-order valence-electron chi connectivity index (χ0n) is 7.55. The maximum absolute atomic E-state index is 11.4. The molecule has 68 valence electrons. The molecule has 0 radical (unpaired) electrons. The van der Waals surface area contributed by atoms with Crippen LogP contribution in [0.2, 0.25) is 0 Å². The van der Waals surface area contributed by atoms with Crippen LogP contribution >= 0.6 is 0 Å². The standard InChI is InChI=1S/C9H16N2O/c1-9(10)5-11(6-9)8(12)4-7-2-3-7/h7H,2-6,10H2,1H3. The largest absolute Gasteiger partial charge is 0.339 e. The molecule has 0 bridgehead atoms. The lowest BCUT2D eigenvalue weighted by molar-refractivity contribution is -0.138. The van der Waals surface area contributed by atoms with Gasteiger partial charge in [-0.05, 0) is 25.7 Å². The van der Waals surface area contributed by atoms with Crippen LogP contribution in [0.4, 0.5) is 0 Å². The highest BCUT2D eigenvalue weighted by Crippen LogP contribution is 2.33. The predicted molar refractivity (Wildman–Crippen MR) is 46.5 cm³/mol. The van der Waals surface area contributed by atoms with Gasteiger partial charge in [-0.3, -0.25) is 4.79 Å². The third kappa shape index (κ3) is 1.61. The summed E-state index contributed by atoms with van der Waals surface area (Å²) >= 11 is 0. The fourth-order valence-corrected chi connectivity index (χ4v) is 1.70. The molecule has 2 fully saturated rings. The van der Waals surface area contributed by atoms with Crippen molar-refractivity contribution in [2.24, 2.45) is 11.7 Å². The van der Waals surface area contributed by atoms with E-state index in [1.165, 1.54) is 12.8 Å². The molecular formula is C9H16N2O. The van der Waals surface area contributed by atoms with Crippen molar-refractivity contribution in [1.82, 2.24) is 4.90 Å². The van der Waals surface area contributed by atoms with Crippen LogP contribution in [0.5, 0.6) is 0 Å². The van der Waals surface area contributed by atoms with E-state index < -0.39 is 0 Å². The molecule has 1 heterocycles. The van der Waals surface area contributed by atoms with Gasteiger partial charge < -0.3 is 10.6 Å². The predicted octanol–water partition coefficient (Wildman–Crippen LogP) is 0.346. The van der Waals surface area contributed by atoms with Crippen LogP contribution < -0.4 is 5.73 Å². The summed E-state index contributed by atoms with van der Waals surface area (Å²) in [6, 6.07) is 0. The van der Waals surface area contributed by atoms with Crippen LogP contribution in [-0.2, 0) is 4.79 Å². The molecule has 3 nitrogen and oxygen atoms in total. The van der Waals surface area contributed by atoms with Crippen molar-refractivity contribution in [1.29, 1.82) is 0 Å². The van der Waals surface area contributed by atoms with Gasteiger partial charge in [0.1, 0.15) is 0 Å². The van der Waals surface area contributed by atoms with Crippen molar-refractivity contribution < 1.29 is 4.79 Å². The van der Waals surface area contributed by atoms with Crippen molar-refractivity contribution in [3.63, 3.8) is 0 Å². The Morgan fingerprint density at radius 1 is 1.58 bits per heavy atom. The second-order valence-corrected chi connectivity index (χ2v) is 4.55. The number of nitrogens with zero attached hydrogens (tertiary/aromatic N) is 1. The lowest BCUT2D eigenvalue weighted by atomic mass is 9.93. The molecule has 0 spiro atoms. The van der Waals surface area contributed by atoms with Gasteiger partial charge in [0.15, 0.2) is 0 Å². The van der Waals surface area contributed by atoms with Crippen LogP contribution in [0.25, 0.3) is 0 Å². The summed E-state index contributed by atoms with van der Waals surface area (Å²) in [5.74, 6) is 1.00. The molecule has 1 amide bonds. The maximum atomic E-state index is 11.4. The summed E-state index contributed by atoms with van der Waals surface area (Å²) in [6.45, 7) is 3.49. The number of rotatable bonds is 2. The molecule has 1 saturated carbocycles. The molecule has 1 aliphatic carbocycles. The zero-order chi connectivity index (χ0) is 8.77. The SMILES string of the molecule is CC1(N)CN(C(=O)CC2CC2)C1. The molecule has 3 heteroatoms. The number of carbonyl (C=O) groups is 1. The topological polar surface area (TPSA) is 46.3 Å². The van der Waals surface area contributed by atoms with Crippen LogP contribution in [0.3, 0.4) is 0 Å². The molecule has 0 atom stereocenters. The van der Waals surface area contributed by atoms with Gasteiger partial charge in [0.05, 0.1) is 0 Å². The van der Waals surface area contributed by atoms with E-state index in [-0.39, 0.29) is 5.54 Å². The molecule has 2 aliphatic rings. The lowest BCUT2D eigenvalue weighted by Crippen LogP contribution is -2.66. The fourth-order valence-electron chi connectivity index (χ4n) is 1.70. The summed E-state index contributed by atoms with van der Waals surface area (Å²) in [5, 5.41) is 0. The summed E-state index contributed by atoms with van der Waals surface area (Å²) in [4.78, 5) is 13.3. The fraction of sp³-hybridized carbons (Fsp3) is 0.889. The number of carbonyl (C=O) groups excluding carboxylic acids is 1. The Morgan fingerprint density at radius 3 is 2.58 bits per heavy atom. The van der Waals surface area contributed by atoms with E-state index in [1.54, 1.807) is 0 Å². The molecule has 2 rings (SSSR count). The van der Waals surface area contributed by atoms with Crippen molar-refractivity contribution in [3.05, 3.63) is 0 Å². The second-order valence-electron chi connectivity index (χ2n) is 4.55. The minimum atomic E-state index is -0.112. The highest BCUT2D eigenvalue weighted by Gasteiger charge is 2.39. The van der Waals surface area contributed by atoms with E-state index in [4.69, 9.17) is 5.73 Å². The molecule has 0 aromatic rings. The number of amides is 1. The van der Waals surface area contributed by atoms with Gasteiger partial charge in [0.25, 0.3) is 0 Å². The molecule has 2 N–H and O–H groups in total. The quantitative estimate of drug-likeness (QED) is 0.646. The van der Waals surface area contributed by atoms with Gasteiger partial charge in [0, 0.05) is 25.0 Å². The molecule has 0 unspecified atom stereocenters.